The predicted molar refractivity (Wildman–Crippen MR) is 142 cm³/mol. The van der Waals surface area contributed by atoms with Gasteiger partial charge < -0.3 is 25.2 Å². The van der Waals surface area contributed by atoms with E-state index in [9.17, 15) is 19.8 Å². The number of para-hydroxylation sites is 1. The lowest BCUT2D eigenvalue weighted by atomic mass is 9.77. The average molecular weight is 507 g/mol. The molecule has 0 spiro atoms. The number of nitrogens with zero attached hydrogens (tertiary/aromatic N) is 1. The van der Waals surface area contributed by atoms with E-state index in [0.717, 1.165) is 43.2 Å². The van der Waals surface area contributed by atoms with Crippen molar-refractivity contribution in [1.29, 1.82) is 0 Å². The van der Waals surface area contributed by atoms with Crippen LogP contribution in [0.15, 0.2) is 66.2 Å². The van der Waals surface area contributed by atoms with E-state index in [1.165, 1.54) is 0 Å². The van der Waals surface area contributed by atoms with Gasteiger partial charge in [0.05, 0.1) is 18.6 Å². The first-order chi connectivity index (χ1) is 18.0. The van der Waals surface area contributed by atoms with Crippen molar-refractivity contribution >= 4 is 11.8 Å². The molecule has 0 radical (unpaired) electrons. The number of nitrogens with one attached hydrogen (secondary N) is 1. The van der Waals surface area contributed by atoms with Gasteiger partial charge in [0.2, 0.25) is 11.8 Å². The monoisotopic (exact) mass is 506 g/mol. The molecule has 3 N–H and O–H groups in total. The predicted octanol–water partition coefficient (Wildman–Crippen LogP) is 3.70. The number of ether oxygens (including phenoxy) is 1. The van der Waals surface area contributed by atoms with Crippen molar-refractivity contribution in [2.24, 2.45) is 0 Å². The van der Waals surface area contributed by atoms with Crippen molar-refractivity contribution in [1.82, 2.24) is 10.2 Å². The Morgan fingerprint density at radius 3 is 2.49 bits per heavy atom. The maximum absolute atomic E-state index is 13.6. The van der Waals surface area contributed by atoms with E-state index in [4.69, 9.17) is 4.74 Å². The molecule has 0 aromatic heterocycles. The lowest BCUT2D eigenvalue weighted by Crippen LogP contribution is -2.55. The van der Waals surface area contributed by atoms with Crippen molar-refractivity contribution in [2.75, 3.05) is 13.2 Å². The van der Waals surface area contributed by atoms with Crippen molar-refractivity contribution in [3.8, 4) is 5.75 Å². The molecule has 2 aliphatic rings. The second kappa shape index (κ2) is 12.9. The summed E-state index contributed by atoms with van der Waals surface area (Å²) < 4.78 is 6.19. The zero-order valence-corrected chi connectivity index (χ0v) is 21.5. The molecule has 2 amide bonds. The number of carbonyl (C=O) groups is 2. The van der Waals surface area contributed by atoms with Gasteiger partial charge in [-0.2, -0.15) is 0 Å². The highest BCUT2D eigenvalue weighted by atomic mass is 16.5. The number of amides is 2. The van der Waals surface area contributed by atoms with Crippen LogP contribution >= 0.6 is 0 Å². The topological polar surface area (TPSA) is 99.1 Å². The maximum Gasteiger partial charge on any atom is 0.247 e. The summed E-state index contributed by atoms with van der Waals surface area (Å²) in [5.74, 6) is -0.198. The van der Waals surface area contributed by atoms with Crippen LogP contribution in [0.25, 0.3) is 0 Å². The van der Waals surface area contributed by atoms with Crippen LogP contribution in [0.5, 0.6) is 5.75 Å². The van der Waals surface area contributed by atoms with Gasteiger partial charge in [-0.3, -0.25) is 9.59 Å². The smallest absolute Gasteiger partial charge is 0.247 e. The van der Waals surface area contributed by atoms with Crippen LogP contribution in [0.4, 0.5) is 0 Å². The fourth-order valence-corrected chi connectivity index (χ4v) is 5.35. The van der Waals surface area contributed by atoms with Gasteiger partial charge in [0, 0.05) is 30.6 Å². The molecule has 4 rings (SSSR count). The first-order valence-electron chi connectivity index (χ1n) is 13.4. The molecule has 2 aromatic rings. The van der Waals surface area contributed by atoms with E-state index in [0.29, 0.717) is 24.3 Å². The lowest BCUT2D eigenvalue weighted by Gasteiger charge is -2.41. The highest BCUT2D eigenvalue weighted by Crippen LogP contribution is 2.47. The third-order valence-electron chi connectivity index (χ3n) is 7.25. The minimum atomic E-state index is -1.01. The Labute approximate surface area is 219 Å². The molecule has 0 saturated heterocycles. The molecule has 1 heterocycles. The summed E-state index contributed by atoms with van der Waals surface area (Å²) in [6, 6.07) is 16.5. The molecule has 7 heteroatoms. The van der Waals surface area contributed by atoms with Gasteiger partial charge >= 0.3 is 0 Å². The van der Waals surface area contributed by atoms with Gasteiger partial charge in [-0.25, -0.2) is 0 Å². The van der Waals surface area contributed by atoms with E-state index in [2.05, 4.69) is 12.2 Å². The van der Waals surface area contributed by atoms with Crippen molar-refractivity contribution < 1.29 is 24.5 Å². The molecule has 0 saturated carbocycles. The van der Waals surface area contributed by atoms with Crippen LogP contribution in [-0.2, 0) is 16.1 Å². The quantitative estimate of drug-likeness (QED) is 0.381. The zero-order valence-electron chi connectivity index (χ0n) is 21.5. The molecular weight excluding hydrogens is 468 g/mol. The summed E-state index contributed by atoms with van der Waals surface area (Å²) in [5, 5.41) is 23.6. The average Bonchev–Trinajstić information content (AvgIpc) is 3.31. The van der Waals surface area contributed by atoms with E-state index in [1.54, 1.807) is 11.0 Å². The van der Waals surface area contributed by atoms with E-state index < -0.39 is 24.2 Å². The van der Waals surface area contributed by atoms with E-state index in [-0.39, 0.29) is 25.0 Å². The Balaban J connectivity index is 1.66. The van der Waals surface area contributed by atoms with Crippen LogP contribution in [0.1, 0.15) is 62.5 Å². The number of benzene rings is 2. The molecule has 2 aromatic carbocycles. The number of unbranched alkanes of at least 4 members (excludes halogenated alkanes) is 4. The highest BCUT2D eigenvalue weighted by molar-refractivity contribution is 5.96. The number of aliphatic hydroxyl groups excluding tert-OH is 2. The van der Waals surface area contributed by atoms with Gasteiger partial charge in [0.15, 0.2) is 0 Å². The number of carbonyl (C=O) groups excluding carboxylic acids is 2. The fourth-order valence-electron chi connectivity index (χ4n) is 5.35. The summed E-state index contributed by atoms with van der Waals surface area (Å²) in [4.78, 5) is 28.5. The van der Waals surface area contributed by atoms with Crippen LogP contribution in [0.3, 0.4) is 0 Å². The highest BCUT2D eigenvalue weighted by Gasteiger charge is 2.50. The third-order valence-corrected chi connectivity index (χ3v) is 7.25. The maximum atomic E-state index is 13.6. The zero-order chi connectivity index (χ0) is 26.2. The van der Waals surface area contributed by atoms with Gasteiger partial charge in [0.25, 0.3) is 0 Å². The Morgan fingerprint density at radius 2 is 1.73 bits per heavy atom. The largest absolute Gasteiger partial charge is 0.486 e. The Kier molecular flexibility index (Phi) is 9.36. The van der Waals surface area contributed by atoms with Gasteiger partial charge in [-0.05, 0) is 24.1 Å². The normalized spacial score (nSPS) is 21.9. The Hall–Kier alpha value is -3.16. The molecule has 0 unspecified atom stereocenters. The molecule has 0 fully saturated rings. The second-order valence-electron chi connectivity index (χ2n) is 9.85. The first-order valence-corrected chi connectivity index (χ1v) is 13.4. The molecule has 1 aliphatic carbocycles. The minimum Gasteiger partial charge on any atom is -0.486 e. The fraction of sp³-hybridized carbons (Fsp3) is 0.467. The van der Waals surface area contributed by atoms with Crippen molar-refractivity contribution in [2.45, 2.75) is 76.2 Å². The molecule has 1 aliphatic heterocycles. The first kappa shape index (κ1) is 26.9. The summed E-state index contributed by atoms with van der Waals surface area (Å²) in [6.45, 7) is 2.42. The Morgan fingerprint density at radius 1 is 1.00 bits per heavy atom. The second-order valence-corrected chi connectivity index (χ2v) is 9.85. The number of aliphatic hydroxyl groups is 2. The summed E-state index contributed by atoms with van der Waals surface area (Å²) in [7, 11) is 0. The third kappa shape index (κ3) is 6.22. The van der Waals surface area contributed by atoms with Gasteiger partial charge in [-0.15, -0.1) is 0 Å². The minimum absolute atomic E-state index is 0.0512. The molecule has 0 bridgehead atoms. The van der Waals surface area contributed by atoms with Crippen molar-refractivity contribution in [3.05, 3.63) is 77.4 Å². The van der Waals surface area contributed by atoms with Gasteiger partial charge in [-0.1, -0.05) is 81.1 Å². The summed E-state index contributed by atoms with van der Waals surface area (Å²) in [6.07, 6.45) is 5.57. The molecule has 198 valence electrons. The number of hydrogen-bond donors (Lipinski definition) is 3. The SMILES string of the molecule is CCCCCCCC(=O)N(Cc1ccccc1)[C@@H]1C=C(C(=O)NCCO)[C@@H]2c3ccccc3O[C@@H]2[C@H]1O. The number of hydrogen-bond acceptors (Lipinski definition) is 5. The number of fused-ring (bicyclic) bond motifs is 3. The van der Waals surface area contributed by atoms with Crippen LogP contribution in [0.2, 0.25) is 0 Å². The lowest BCUT2D eigenvalue weighted by molar-refractivity contribution is -0.138. The van der Waals surface area contributed by atoms with Crippen LogP contribution < -0.4 is 10.1 Å². The molecule has 7 nitrogen and oxygen atoms in total. The standard InChI is InChI=1S/C30H38N2O5/c1-2-3-4-5-9-16-26(34)32(20-21-12-7-6-8-13-21)24-19-23(30(36)31-17-18-33)27-22-14-10-11-15-25(22)37-29(27)28(24)35/h6-8,10-15,19,24,27-29,33,35H,2-5,9,16-18,20H2,1H3,(H,31,36)/t24-,27+,28+,29+/m1/s1. The number of rotatable bonds is 12. The van der Waals surface area contributed by atoms with Crippen LogP contribution in [0, 0.1) is 0 Å². The van der Waals surface area contributed by atoms with Crippen molar-refractivity contribution in [3.63, 3.8) is 0 Å². The van der Waals surface area contributed by atoms with E-state index in [1.807, 2.05) is 54.6 Å². The van der Waals surface area contributed by atoms with Gasteiger partial charge in [0.1, 0.15) is 18.0 Å². The van der Waals surface area contributed by atoms with E-state index >= 15 is 0 Å². The molecule has 4 atom stereocenters. The summed E-state index contributed by atoms with van der Waals surface area (Å²) in [5.41, 5.74) is 2.24. The van der Waals surface area contributed by atoms with Crippen LogP contribution in [-0.4, -0.2) is 58.3 Å². The molecular formula is C30H38N2O5. The Bertz CT molecular complexity index is 1090. The summed E-state index contributed by atoms with van der Waals surface area (Å²) >= 11 is 0. The molecule has 37 heavy (non-hydrogen) atoms.